The number of carbonyl (C=O) groups excluding carboxylic acids is 2. The molecule has 1 amide bonds. The SMILES string of the molecule is C/C=C(/CC(N=C(C)C1=C(O)CC(C)(C)CC1=O)C(=O)NC(C)C(=O)O)N=CCCC. The molecule has 0 aromatic heterocycles. The lowest BCUT2D eigenvalue weighted by Gasteiger charge is -2.29. The van der Waals surface area contributed by atoms with Crippen LogP contribution in [0.25, 0.3) is 0 Å². The molecule has 0 aromatic carbocycles. The molecule has 3 N–H and O–H groups in total. The molecule has 2 unspecified atom stereocenters. The number of nitrogens with zero attached hydrogens (tertiary/aromatic N) is 2. The Kier molecular flexibility index (Phi) is 9.81. The van der Waals surface area contributed by atoms with Crippen LogP contribution in [0, 0.1) is 5.41 Å². The van der Waals surface area contributed by atoms with Crippen molar-refractivity contribution in [1.82, 2.24) is 5.32 Å². The zero-order valence-electron chi connectivity index (χ0n) is 19.4. The minimum Gasteiger partial charge on any atom is -0.511 e. The molecule has 8 heteroatoms. The van der Waals surface area contributed by atoms with Crippen LogP contribution < -0.4 is 5.32 Å². The zero-order chi connectivity index (χ0) is 23.8. The van der Waals surface area contributed by atoms with E-state index < -0.39 is 24.0 Å². The third kappa shape index (κ3) is 8.11. The summed E-state index contributed by atoms with van der Waals surface area (Å²) in [5, 5.41) is 22.0. The first-order valence-corrected chi connectivity index (χ1v) is 10.6. The number of nitrogens with one attached hydrogen (secondary N) is 1. The van der Waals surface area contributed by atoms with Crippen molar-refractivity contribution in [3.8, 4) is 0 Å². The van der Waals surface area contributed by atoms with E-state index in [2.05, 4.69) is 15.3 Å². The van der Waals surface area contributed by atoms with Gasteiger partial charge in [-0.05, 0) is 32.6 Å². The Morgan fingerprint density at radius 3 is 2.45 bits per heavy atom. The molecule has 1 aliphatic rings. The first-order valence-electron chi connectivity index (χ1n) is 10.6. The Morgan fingerprint density at radius 1 is 1.29 bits per heavy atom. The quantitative estimate of drug-likeness (QED) is 0.452. The summed E-state index contributed by atoms with van der Waals surface area (Å²) in [7, 11) is 0. The highest BCUT2D eigenvalue weighted by Gasteiger charge is 2.34. The molecule has 0 spiro atoms. The van der Waals surface area contributed by atoms with Crippen molar-refractivity contribution in [2.45, 2.75) is 85.7 Å². The van der Waals surface area contributed by atoms with Gasteiger partial charge in [-0.15, -0.1) is 0 Å². The molecule has 0 aliphatic heterocycles. The summed E-state index contributed by atoms with van der Waals surface area (Å²) in [5.41, 5.74) is 0.682. The first kappa shape index (κ1) is 26.3. The van der Waals surface area contributed by atoms with Crippen LogP contribution in [0.5, 0.6) is 0 Å². The van der Waals surface area contributed by atoms with Gasteiger partial charge in [-0.3, -0.25) is 24.4 Å². The molecule has 0 fully saturated rings. The smallest absolute Gasteiger partial charge is 0.325 e. The number of Topliss-reactive ketones (excluding diaryl/α,β-unsaturated/α-hetero) is 1. The van der Waals surface area contributed by atoms with E-state index in [1.807, 2.05) is 20.8 Å². The van der Waals surface area contributed by atoms with Gasteiger partial charge in [-0.25, -0.2) is 0 Å². The molecule has 0 heterocycles. The average Bonchev–Trinajstić information content (AvgIpc) is 2.64. The molecule has 1 aliphatic carbocycles. The Bertz CT molecular complexity index is 821. The maximum Gasteiger partial charge on any atom is 0.325 e. The molecule has 0 saturated carbocycles. The number of rotatable bonds is 10. The van der Waals surface area contributed by atoms with Crippen molar-refractivity contribution in [3.05, 3.63) is 23.1 Å². The van der Waals surface area contributed by atoms with Crippen molar-refractivity contribution in [1.29, 1.82) is 0 Å². The van der Waals surface area contributed by atoms with E-state index >= 15 is 0 Å². The van der Waals surface area contributed by atoms with Crippen LogP contribution in [-0.4, -0.2) is 51.9 Å². The van der Waals surface area contributed by atoms with E-state index in [-0.39, 0.29) is 41.1 Å². The Balaban J connectivity index is 3.27. The summed E-state index contributed by atoms with van der Waals surface area (Å²) in [6.45, 7) is 10.6. The van der Waals surface area contributed by atoms with Gasteiger partial charge in [0.2, 0.25) is 5.91 Å². The summed E-state index contributed by atoms with van der Waals surface area (Å²) in [6, 6.07) is -2.08. The summed E-state index contributed by atoms with van der Waals surface area (Å²) in [5.74, 6) is -2.00. The molecule has 2 atom stereocenters. The number of ketones is 1. The second-order valence-corrected chi connectivity index (χ2v) is 8.65. The van der Waals surface area contributed by atoms with Gasteiger partial charge >= 0.3 is 5.97 Å². The van der Waals surface area contributed by atoms with Gasteiger partial charge in [0.1, 0.15) is 17.8 Å². The van der Waals surface area contributed by atoms with Gasteiger partial charge in [0.05, 0.1) is 5.57 Å². The lowest BCUT2D eigenvalue weighted by molar-refractivity contribution is -0.141. The molecule has 0 radical (unpaired) electrons. The Labute approximate surface area is 184 Å². The maximum atomic E-state index is 12.8. The molecule has 31 heavy (non-hydrogen) atoms. The predicted molar refractivity (Wildman–Crippen MR) is 122 cm³/mol. The number of aliphatic imine (C=N–C) groups is 2. The molecule has 8 nitrogen and oxygen atoms in total. The van der Waals surface area contributed by atoms with Crippen molar-refractivity contribution < 1.29 is 24.6 Å². The van der Waals surface area contributed by atoms with Gasteiger partial charge in [0, 0.05) is 36.9 Å². The van der Waals surface area contributed by atoms with E-state index in [1.54, 1.807) is 26.1 Å². The van der Waals surface area contributed by atoms with Crippen molar-refractivity contribution in [2.75, 3.05) is 0 Å². The van der Waals surface area contributed by atoms with E-state index in [4.69, 9.17) is 5.11 Å². The predicted octanol–water partition coefficient (Wildman–Crippen LogP) is 3.77. The molecule has 0 aromatic rings. The highest BCUT2D eigenvalue weighted by atomic mass is 16.4. The van der Waals surface area contributed by atoms with Crippen LogP contribution in [0.15, 0.2) is 33.1 Å². The average molecular weight is 434 g/mol. The fourth-order valence-corrected chi connectivity index (χ4v) is 3.32. The van der Waals surface area contributed by atoms with Crippen LogP contribution in [0.2, 0.25) is 0 Å². The van der Waals surface area contributed by atoms with E-state index in [9.17, 15) is 19.5 Å². The number of aliphatic hydroxyl groups excluding tert-OH is 1. The largest absolute Gasteiger partial charge is 0.511 e. The van der Waals surface area contributed by atoms with Gasteiger partial charge in [0.25, 0.3) is 0 Å². The lowest BCUT2D eigenvalue weighted by Crippen LogP contribution is -2.43. The van der Waals surface area contributed by atoms with Gasteiger partial charge < -0.3 is 15.5 Å². The number of carbonyl (C=O) groups is 3. The van der Waals surface area contributed by atoms with E-state index in [1.165, 1.54) is 6.92 Å². The second kappa shape index (κ2) is 11.6. The topological polar surface area (TPSA) is 128 Å². The Morgan fingerprint density at radius 2 is 1.94 bits per heavy atom. The normalized spacial score (nSPS) is 19.5. The third-order valence-electron chi connectivity index (χ3n) is 5.01. The molecule has 172 valence electrons. The molecule has 0 saturated heterocycles. The van der Waals surface area contributed by atoms with Gasteiger partial charge in [-0.2, -0.15) is 0 Å². The number of carboxylic acid groups (broad SMARTS) is 1. The fraction of sp³-hybridized carbons (Fsp3) is 0.609. The Hall–Kier alpha value is -2.77. The number of unbranched alkanes of at least 4 members (excludes halogenated alkanes) is 1. The number of amides is 1. The summed E-state index contributed by atoms with van der Waals surface area (Å²) in [4.78, 5) is 45.4. The number of aliphatic hydroxyl groups is 1. The fourth-order valence-electron chi connectivity index (χ4n) is 3.32. The minimum absolute atomic E-state index is 0.0345. The van der Waals surface area contributed by atoms with E-state index in [0.29, 0.717) is 12.1 Å². The monoisotopic (exact) mass is 433 g/mol. The summed E-state index contributed by atoms with van der Waals surface area (Å²) >= 11 is 0. The summed E-state index contributed by atoms with van der Waals surface area (Å²) in [6.07, 6.45) is 6.01. The standard InChI is InChI=1S/C23H35N3O5/c1-7-9-10-24-16(8-2)11-17(21(29)26-15(4)22(30)31)25-14(3)20-18(27)12-23(5,6)13-19(20)28/h8,10,15,17,27H,7,9,11-13H2,1-6H3,(H,26,29)(H,30,31)/b16-8-,24-10?,25-14?. The first-order chi connectivity index (χ1) is 14.4. The zero-order valence-corrected chi connectivity index (χ0v) is 19.4. The lowest BCUT2D eigenvalue weighted by atomic mass is 9.75. The van der Waals surface area contributed by atoms with Gasteiger partial charge in [-0.1, -0.05) is 33.3 Å². The number of carboxylic acids is 1. The number of allylic oxidation sites excluding steroid dienone is 3. The van der Waals surface area contributed by atoms with Crippen LogP contribution in [-0.2, 0) is 14.4 Å². The minimum atomic E-state index is -1.16. The van der Waals surface area contributed by atoms with Crippen molar-refractivity contribution >= 4 is 29.6 Å². The van der Waals surface area contributed by atoms with Crippen LogP contribution in [0.4, 0.5) is 0 Å². The molecular formula is C23H35N3O5. The number of hydrogen-bond donors (Lipinski definition) is 3. The van der Waals surface area contributed by atoms with Crippen LogP contribution in [0.1, 0.15) is 73.6 Å². The highest BCUT2D eigenvalue weighted by molar-refractivity contribution is 6.22. The van der Waals surface area contributed by atoms with Crippen LogP contribution in [0.3, 0.4) is 0 Å². The molecular weight excluding hydrogens is 398 g/mol. The molecule has 0 bridgehead atoms. The summed E-state index contributed by atoms with van der Waals surface area (Å²) < 4.78 is 0. The maximum absolute atomic E-state index is 12.8. The van der Waals surface area contributed by atoms with Gasteiger partial charge in [0.15, 0.2) is 5.78 Å². The number of aliphatic carboxylic acids is 1. The third-order valence-corrected chi connectivity index (χ3v) is 5.01. The van der Waals surface area contributed by atoms with Crippen molar-refractivity contribution in [3.63, 3.8) is 0 Å². The van der Waals surface area contributed by atoms with Crippen LogP contribution >= 0.6 is 0 Å². The second-order valence-electron chi connectivity index (χ2n) is 8.65. The van der Waals surface area contributed by atoms with E-state index in [0.717, 1.165) is 12.8 Å². The number of hydrogen-bond acceptors (Lipinski definition) is 6. The van der Waals surface area contributed by atoms with Crippen molar-refractivity contribution in [2.24, 2.45) is 15.4 Å². The highest BCUT2D eigenvalue weighted by Crippen LogP contribution is 2.36. The molecule has 1 rings (SSSR count).